The molecule has 6 heteroatoms. The third-order valence-corrected chi connectivity index (χ3v) is 5.11. The van der Waals surface area contributed by atoms with Crippen LogP contribution >= 0.6 is 27.7 Å². The lowest BCUT2D eigenvalue weighted by Gasteiger charge is -2.12. The fourth-order valence-corrected chi connectivity index (χ4v) is 3.28. The van der Waals surface area contributed by atoms with E-state index in [0.29, 0.717) is 5.56 Å². The lowest BCUT2D eigenvalue weighted by atomic mass is 10.2. The normalized spacial score (nSPS) is 10.3. The minimum atomic E-state index is -0.397. The summed E-state index contributed by atoms with van der Waals surface area (Å²) in [5.41, 5.74) is 1.37. The van der Waals surface area contributed by atoms with Gasteiger partial charge in [-0.2, -0.15) is 0 Å². The summed E-state index contributed by atoms with van der Waals surface area (Å²) < 4.78 is 6.31. The van der Waals surface area contributed by atoms with Crippen LogP contribution in [0.2, 0.25) is 0 Å². The van der Waals surface area contributed by atoms with Crippen LogP contribution in [0.15, 0.2) is 57.9 Å². The lowest BCUT2D eigenvalue weighted by Crippen LogP contribution is -2.23. The number of hydrogen-bond acceptors (Lipinski definition) is 4. The molecule has 0 N–H and O–H groups in total. The summed E-state index contributed by atoms with van der Waals surface area (Å²) in [7, 11) is 3.42. The van der Waals surface area contributed by atoms with Gasteiger partial charge in [0.15, 0.2) is 0 Å². The van der Waals surface area contributed by atoms with Crippen molar-refractivity contribution in [3.05, 3.63) is 64.1 Å². The molecule has 0 saturated carbocycles. The molecule has 0 aliphatic rings. The predicted molar refractivity (Wildman–Crippen MR) is 99.1 cm³/mol. The van der Waals surface area contributed by atoms with Gasteiger partial charge in [0, 0.05) is 29.0 Å². The number of halogens is 1. The van der Waals surface area contributed by atoms with Crippen molar-refractivity contribution in [2.75, 3.05) is 19.8 Å². The molecule has 4 nitrogen and oxygen atoms in total. The molecule has 0 saturated heterocycles. The smallest absolute Gasteiger partial charge is 0.339 e. The molecule has 0 aliphatic carbocycles. The van der Waals surface area contributed by atoms with Crippen LogP contribution in [0.3, 0.4) is 0 Å². The second-order valence-electron chi connectivity index (χ2n) is 5.24. The van der Waals surface area contributed by atoms with Gasteiger partial charge in [0.2, 0.25) is 5.91 Å². The maximum absolute atomic E-state index is 12.4. The Labute approximate surface area is 154 Å². The number of ether oxygens (including phenoxy) is 1. The first-order valence-electron chi connectivity index (χ1n) is 7.31. The fraction of sp³-hybridized carbons (Fsp3) is 0.222. The van der Waals surface area contributed by atoms with E-state index in [1.54, 1.807) is 26.2 Å². The molecule has 1 amide bonds. The number of benzene rings is 2. The van der Waals surface area contributed by atoms with E-state index in [0.717, 1.165) is 14.9 Å². The summed E-state index contributed by atoms with van der Waals surface area (Å²) in [6.45, 7) is 0.190. The van der Waals surface area contributed by atoms with E-state index in [-0.39, 0.29) is 18.3 Å². The third kappa shape index (κ3) is 5.11. The van der Waals surface area contributed by atoms with E-state index in [1.165, 1.54) is 16.7 Å². The number of esters is 1. The molecule has 0 radical (unpaired) electrons. The first-order chi connectivity index (χ1) is 11.5. The maximum Gasteiger partial charge on any atom is 0.339 e. The van der Waals surface area contributed by atoms with Crippen molar-refractivity contribution in [2.45, 2.75) is 11.5 Å². The number of carbonyl (C=O) groups excluding carboxylic acids is 2. The monoisotopic (exact) mass is 407 g/mol. The van der Waals surface area contributed by atoms with Gasteiger partial charge in [0.25, 0.3) is 0 Å². The van der Waals surface area contributed by atoms with E-state index in [1.807, 2.05) is 36.4 Å². The molecule has 126 valence electrons. The molecule has 0 atom stereocenters. The minimum Gasteiger partial charge on any atom is -0.457 e. The van der Waals surface area contributed by atoms with E-state index in [9.17, 15) is 9.59 Å². The molecule has 2 rings (SSSR count). The molecular weight excluding hydrogens is 390 g/mol. The Kier molecular flexibility index (Phi) is 6.87. The van der Waals surface area contributed by atoms with Gasteiger partial charge in [-0.15, -0.1) is 11.8 Å². The zero-order chi connectivity index (χ0) is 17.5. The van der Waals surface area contributed by atoms with Gasteiger partial charge < -0.3 is 9.64 Å². The van der Waals surface area contributed by atoms with Crippen molar-refractivity contribution in [1.82, 2.24) is 4.90 Å². The SMILES string of the molecule is CN(C)C(=O)CSc1ccccc1C(=O)OCc1ccccc1Br. The highest BCUT2D eigenvalue weighted by atomic mass is 79.9. The second kappa shape index (κ2) is 8.89. The molecule has 0 spiro atoms. The summed E-state index contributed by atoms with van der Waals surface area (Å²) in [4.78, 5) is 26.4. The van der Waals surface area contributed by atoms with Crippen LogP contribution in [0, 0.1) is 0 Å². The van der Waals surface area contributed by atoms with Crippen molar-refractivity contribution in [3.63, 3.8) is 0 Å². The molecule has 2 aromatic rings. The molecule has 0 unspecified atom stereocenters. The predicted octanol–water partition coefficient (Wildman–Crippen LogP) is 3.99. The van der Waals surface area contributed by atoms with Crippen LogP contribution in [0.5, 0.6) is 0 Å². The van der Waals surface area contributed by atoms with Crippen molar-refractivity contribution >= 4 is 39.6 Å². The van der Waals surface area contributed by atoms with Gasteiger partial charge in [-0.25, -0.2) is 4.79 Å². The van der Waals surface area contributed by atoms with Gasteiger partial charge >= 0.3 is 5.97 Å². The number of hydrogen-bond donors (Lipinski definition) is 0. The minimum absolute atomic E-state index is 0.00335. The second-order valence-corrected chi connectivity index (χ2v) is 7.11. The average molecular weight is 408 g/mol. The topological polar surface area (TPSA) is 46.6 Å². The van der Waals surface area contributed by atoms with Crippen LogP contribution in [0.4, 0.5) is 0 Å². The quantitative estimate of drug-likeness (QED) is 0.536. The molecule has 0 heterocycles. The van der Waals surface area contributed by atoms with Gasteiger partial charge in [0.1, 0.15) is 6.61 Å². The van der Waals surface area contributed by atoms with Gasteiger partial charge in [-0.05, 0) is 18.2 Å². The Hall–Kier alpha value is -1.79. The summed E-state index contributed by atoms with van der Waals surface area (Å²) in [6.07, 6.45) is 0. The summed E-state index contributed by atoms with van der Waals surface area (Å²) in [5, 5.41) is 0. The summed E-state index contributed by atoms with van der Waals surface area (Å²) in [5.74, 6) is -0.121. The van der Waals surface area contributed by atoms with Crippen LogP contribution in [-0.2, 0) is 16.1 Å². The zero-order valence-electron chi connectivity index (χ0n) is 13.5. The molecule has 2 aromatic carbocycles. The van der Waals surface area contributed by atoms with E-state index >= 15 is 0 Å². The van der Waals surface area contributed by atoms with Gasteiger partial charge in [0.05, 0.1) is 11.3 Å². The van der Waals surface area contributed by atoms with Crippen LogP contribution in [0.1, 0.15) is 15.9 Å². The number of thioether (sulfide) groups is 1. The summed E-state index contributed by atoms with van der Waals surface area (Å²) in [6, 6.07) is 14.8. The maximum atomic E-state index is 12.4. The Morgan fingerprint density at radius 2 is 1.75 bits per heavy atom. The Morgan fingerprint density at radius 3 is 2.46 bits per heavy atom. The van der Waals surface area contributed by atoms with E-state index < -0.39 is 5.97 Å². The van der Waals surface area contributed by atoms with Crippen molar-refractivity contribution in [2.24, 2.45) is 0 Å². The molecular formula is C18H18BrNO3S. The highest BCUT2D eigenvalue weighted by molar-refractivity contribution is 9.10. The number of amides is 1. The number of rotatable bonds is 6. The lowest BCUT2D eigenvalue weighted by molar-refractivity contribution is -0.125. The molecule has 0 fully saturated rings. The Balaban J connectivity index is 2.04. The highest BCUT2D eigenvalue weighted by Crippen LogP contribution is 2.24. The zero-order valence-corrected chi connectivity index (χ0v) is 15.9. The fourth-order valence-electron chi connectivity index (χ4n) is 1.87. The van der Waals surface area contributed by atoms with Crippen molar-refractivity contribution in [1.29, 1.82) is 0 Å². The van der Waals surface area contributed by atoms with Gasteiger partial charge in [-0.3, -0.25) is 4.79 Å². The van der Waals surface area contributed by atoms with Crippen LogP contribution in [-0.4, -0.2) is 36.6 Å². The summed E-state index contributed by atoms with van der Waals surface area (Å²) >= 11 is 4.77. The first-order valence-corrected chi connectivity index (χ1v) is 9.09. The highest BCUT2D eigenvalue weighted by Gasteiger charge is 2.15. The number of nitrogens with zero attached hydrogens (tertiary/aromatic N) is 1. The van der Waals surface area contributed by atoms with Gasteiger partial charge in [-0.1, -0.05) is 46.3 Å². The molecule has 0 aliphatic heterocycles. The van der Waals surface area contributed by atoms with Crippen molar-refractivity contribution in [3.8, 4) is 0 Å². The van der Waals surface area contributed by atoms with Crippen LogP contribution in [0.25, 0.3) is 0 Å². The Morgan fingerprint density at radius 1 is 1.08 bits per heavy atom. The van der Waals surface area contributed by atoms with E-state index in [2.05, 4.69) is 15.9 Å². The Bertz CT molecular complexity index is 734. The largest absolute Gasteiger partial charge is 0.457 e. The first kappa shape index (κ1) is 18.5. The molecule has 0 aromatic heterocycles. The molecule has 0 bridgehead atoms. The standard InChI is InChI=1S/C18H18BrNO3S/c1-20(2)17(21)12-24-16-10-6-4-8-14(16)18(22)23-11-13-7-3-5-9-15(13)19/h3-10H,11-12H2,1-2H3. The van der Waals surface area contributed by atoms with Crippen LogP contribution < -0.4 is 0 Å². The third-order valence-electron chi connectivity index (χ3n) is 3.27. The number of carbonyl (C=O) groups is 2. The van der Waals surface area contributed by atoms with Crippen molar-refractivity contribution < 1.29 is 14.3 Å². The average Bonchev–Trinajstić information content (AvgIpc) is 2.58. The molecule has 24 heavy (non-hydrogen) atoms. The van der Waals surface area contributed by atoms with E-state index in [4.69, 9.17) is 4.74 Å².